The zero-order valence-electron chi connectivity index (χ0n) is 11.4. The van der Waals surface area contributed by atoms with Crippen molar-refractivity contribution in [1.29, 1.82) is 0 Å². The zero-order valence-corrected chi connectivity index (χ0v) is 12.2. The second-order valence-corrected chi connectivity index (χ2v) is 5.44. The molecule has 104 valence electrons. The maximum atomic E-state index is 11.9. The SMILES string of the molecule is CCCC[C@H]1N(C)C=CN1NC(=O)[C@@H](N)CSC. The van der Waals surface area contributed by atoms with E-state index < -0.39 is 6.04 Å². The maximum Gasteiger partial charge on any atom is 0.256 e. The number of rotatable bonds is 7. The smallest absolute Gasteiger partial charge is 0.256 e. The molecule has 0 aromatic heterocycles. The van der Waals surface area contributed by atoms with Crippen LogP contribution in [0.25, 0.3) is 0 Å². The number of carbonyl (C=O) groups excluding carboxylic acids is 1. The average molecular weight is 272 g/mol. The van der Waals surface area contributed by atoms with Gasteiger partial charge in [-0.2, -0.15) is 11.8 Å². The third kappa shape index (κ3) is 4.10. The van der Waals surface area contributed by atoms with E-state index in [0.29, 0.717) is 5.75 Å². The molecule has 1 amide bonds. The van der Waals surface area contributed by atoms with Crippen molar-refractivity contribution in [3.05, 3.63) is 12.4 Å². The first-order chi connectivity index (χ1) is 8.60. The molecule has 5 nitrogen and oxygen atoms in total. The van der Waals surface area contributed by atoms with Crippen LogP contribution in [-0.4, -0.2) is 47.1 Å². The summed E-state index contributed by atoms with van der Waals surface area (Å²) in [6, 6.07) is -0.453. The van der Waals surface area contributed by atoms with Crippen molar-refractivity contribution in [2.45, 2.75) is 38.4 Å². The number of hydrazine groups is 1. The number of thioether (sulfide) groups is 1. The van der Waals surface area contributed by atoms with E-state index in [2.05, 4.69) is 17.2 Å². The van der Waals surface area contributed by atoms with Gasteiger partial charge in [0.2, 0.25) is 0 Å². The number of carbonyl (C=O) groups is 1. The van der Waals surface area contributed by atoms with E-state index in [1.165, 1.54) is 0 Å². The van der Waals surface area contributed by atoms with Gasteiger partial charge in [-0.1, -0.05) is 13.3 Å². The Morgan fingerprint density at radius 1 is 1.56 bits per heavy atom. The summed E-state index contributed by atoms with van der Waals surface area (Å²) >= 11 is 1.58. The minimum atomic E-state index is -0.453. The van der Waals surface area contributed by atoms with E-state index in [1.54, 1.807) is 11.8 Å². The van der Waals surface area contributed by atoms with Gasteiger partial charge < -0.3 is 10.6 Å². The summed E-state index contributed by atoms with van der Waals surface area (Å²) in [6.45, 7) is 2.17. The zero-order chi connectivity index (χ0) is 13.5. The van der Waals surface area contributed by atoms with Crippen LogP contribution in [0.2, 0.25) is 0 Å². The number of hydrogen-bond acceptors (Lipinski definition) is 5. The normalized spacial score (nSPS) is 20.3. The van der Waals surface area contributed by atoms with Gasteiger partial charge in [0.25, 0.3) is 5.91 Å². The van der Waals surface area contributed by atoms with Gasteiger partial charge in [0.15, 0.2) is 0 Å². The van der Waals surface area contributed by atoms with E-state index in [4.69, 9.17) is 5.73 Å². The third-order valence-corrected chi connectivity index (χ3v) is 3.68. The van der Waals surface area contributed by atoms with Crippen LogP contribution in [0.1, 0.15) is 26.2 Å². The van der Waals surface area contributed by atoms with Crippen LogP contribution in [-0.2, 0) is 4.79 Å². The fourth-order valence-electron chi connectivity index (χ4n) is 1.88. The third-order valence-electron chi connectivity index (χ3n) is 2.99. The summed E-state index contributed by atoms with van der Waals surface area (Å²) in [5.41, 5.74) is 8.67. The van der Waals surface area contributed by atoms with Gasteiger partial charge in [-0.3, -0.25) is 15.2 Å². The Morgan fingerprint density at radius 3 is 2.89 bits per heavy atom. The molecule has 6 heteroatoms. The van der Waals surface area contributed by atoms with Crippen LogP contribution in [0.15, 0.2) is 12.4 Å². The lowest BCUT2D eigenvalue weighted by Crippen LogP contribution is -2.52. The van der Waals surface area contributed by atoms with Gasteiger partial charge in [0, 0.05) is 25.2 Å². The molecule has 0 unspecified atom stereocenters. The van der Waals surface area contributed by atoms with E-state index in [0.717, 1.165) is 19.3 Å². The van der Waals surface area contributed by atoms with Crippen molar-refractivity contribution >= 4 is 17.7 Å². The lowest BCUT2D eigenvalue weighted by atomic mass is 10.2. The highest BCUT2D eigenvalue weighted by molar-refractivity contribution is 7.98. The highest BCUT2D eigenvalue weighted by Crippen LogP contribution is 2.17. The van der Waals surface area contributed by atoms with Gasteiger partial charge in [-0.15, -0.1) is 0 Å². The Labute approximate surface area is 114 Å². The first-order valence-electron chi connectivity index (χ1n) is 6.33. The number of unbranched alkanes of at least 4 members (excludes halogenated alkanes) is 1. The molecular formula is C12H24N4OS. The van der Waals surface area contributed by atoms with E-state index in [1.807, 2.05) is 30.7 Å². The molecule has 0 aliphatic carbocycles. The van der Waals surface area contributed by atoms with Crippen molar-refractivity contribution in [1.82, 2.24) is 15.3 Å². The highest BCUT2D eigenvalue weighted by Gasteiger charge is 2.25. The van der Waals surface area contributed by atoms with E-state index >= 15 is 0 Å². The Kier molecular flexibility index (Phi) is 6.35. The van der Waals surface area contributed by atoms with Gasteiger partial charge in [-0.05, 0) is 19.1 Å². The molecule has 0 aromatic carbocycles. The molecule has 18 heavy (non-hydrogen) atoms. The summed E-state index contributed by atoms with van der Waals surface area (Å²) in [4.78, 5) is 14.0. The number of nitrogens with one attached hydrogen (secondary N) is 1. The van der Waals surface area contributed by atoms with Crippen molar-refractivity contribution in [2.75, 3.05) is 19.1 Å². The first-order valence-corrected chi connectivity index (χ1v) is 7.73. The average Bonchev–Trinajstić information content (AvgIpc) is 2.68. The number of nitrogens with two attached hydrogens (primary N) is 1. The number of nitrogens with zero attached hydrogens (tertiary/aromatic N) is 2. The van der Waals surface area contributed by atoms with Gasteiger partial charge >= 0.3 is 0 Å². The molecule has 0 saturated carbocycles. The molecule has 3 N–H and O–H groups in total. The van der Waals surface area contributed by atoms with Crippen LogP contribution in [0.3, 0.4) is 0 Å². The van der Waals surface area contributed by atoms with Crippen LogP contribution in [0.5, 0.6) is 0 Å². The summed E-state index contributed by atoms with van der Waals surface area (Å²) in [5.74, 6) is 0.518. The molecule has 1 heterocycles. The largest absolute Gasteiger partial charge is 0.358 e. The van der Waals surface area contributed by atoms with Crippen LogP contribution >= 0.6 is 11.8 Å². The van der Waals surface area contributed by atoms with E-state index in [-0.39, 0.29) is 12.1 Å². The molecule has 1 aliphatic heterocycles. The van der Waals surface area contributed by atoms with Gasteiger partial charge in [-0.25, -0.2) is 0 Å². The molecule has 0 aromatic rings. The fraction of sp³-hybridized carbons (Fsp3) is 0.750. The Bertz CT molecular complexity index is 298. The van der Waals surface area contributed by atoms with Crippen molar-refractivity contribution in [3.63, 3.8) is 0 Å². The molecule has 0 radical (unpaired) electrons. The topological polar surface area (TPSA) is 61.6 Å². The molecule has 0 bridgehead atoms. The molecular weight excluding hydrogens is 248 g/mol. The minimum absolute atomic E-state index is 0.120. The first kappa shape index (κ1) is 15.2. The Morgan fingerprint density at radius 2 is 2.28 bits per heavy atom. The van der Waals surface area contributed by atoms with Crippen LogP contribution in [0.4, 0.5) is 0 Å². The molecule has 0 fully saturated rings. The quantitative estimate of drug-likeness (QED) is 0.722. The fourth-order valence-corrected chi connectivity index (χ4v) is 2.39. The van der Waals surface area contributed by atoms with Gasteiger partial charge in [0.1, 0.15) is 6.17 Å². The second-order valence-electron chi connectivity index (χ2n) is 4.53. The van der Waals surface area contributed by atoms with E-state index in [9.17, 15) is 4.79 Å². The Balaban J connectivity index is 2.49. The maximum absolute atomic E-state index is 11.9. The van der Waals surface area contributed by atoms with Crippen molar-refractivity contribution in [2.24, 2.45) is 5.73 Å². The highest BCUT2D eigenvalue weighted by atomic mass is 32.2. The minimum Gasteiger partial charge on any atom is -0.358 e. The van der Waals surface area contributed by atoms with Crippen LogP contribution in [0, 0.1) is 0 Å². The summed E-state index contributed by atoms with van der Waals surface area (Å²) in [6.07, 6.45) is 9.33. The predicted octanol–water partition coefficient (Wildman–Crippen LogP) is 0.943. The van der Waals surface area contributed by atoms with Gasteiger partial charge in [0.05, 0.1) is 6.04 Å². The predicted molar refractivity (Wildman–Crippen MR) is 76.6 cm³/mol. The van der Waals surface area contributed by atoms with Crippen LogP contribution < -0.4 is 11.2 Å². The monoisotopic (exact) mass is 272 g/mol. The molecule has 1 aliphatic rings. The molecule has 0 saturated heterocycles. The standard InChI is InChI=1S/C12H24N4OS/c1-4-5-6-11-15(2)7-8-16(11)14-12(17)10(13)9-18-3/h7-8,10-11H,4-6,9,13H2,1-3H3,(H,14,17)/t10-,11-/m0/s1. The lowest BCUT2D eigenvalue weighted by Gasteiger charge is -2.31. The Hall–Kier alpha value is -0.880. The molecule has 2 atom stereocenters. The van der Waals surface area contributed by atoms with Crippen molar-refractivity contribution < 1.29 is 4.79 Å². The number of amides is 1. The van der Waals surface area contributed by atoms with Crippen molar-refractivity contribution in [3.8, 4) is 0 Å². The summed E-state index contributed by atoms with van der Waals surface area (Å²) in [5, 5.41) is 1.86. The second kappa shape index (κ2) is 7.53. The molecule has 1 rings (SSSR count). The number of hydrogen-bond donors (Lipinski definition) is 2. The molecule has 0 spiro atoms. The summed E-state index contributed by atoms with van der Waals surface area (Å²) in [7, 11) is 2.02. The lowest BCUT2D eigenvalue weighted by molar-refractivity contribution is -0.127. The summed E-state index contributed by atoms with van der Waals surface area (Å²) < 4.78 is 0.